The molecule has 0 amide bonds. The Labute approximate surface area is 116 Å². The van der Waals surface area contributed by atoms with Crippen molar-refractivity contribution in [2.45, 2.75) is 26.3 Å². The van der Waals surface area contributed by atoms with Gasteiger partial charge in [-0.2, -0.15) is 0 Å². The van der Waals surface area contributed by atoms with E-state index in [4.69, 9.17) is 5.11 Å². The number of nitrogens with one attached hydrogen (secondary N) is 1. The molecule has 0 aliphatic rings. The van der Waals surface area contributed by atoms with Crippen LogP contribution in [0.3, 0.4) is 0 Å². The van der Waals surface area contributed by atoms with Crippen LogP contribution in [0.15, 0.2) is 30.5 Å². The predicted octanol–water partition coefficient (Wildman–Crippen LogP) is 3.19. The van der Waals surface area contributed by atoms with Crippen LogP contribution in [0.5, 0.6) is 0 Å². The fraction of sp³-hybridized carbons (Fsp3) is 0.286. The van der Waals surface area contributed by atoms with Gasteiger partial charge in [0.2, 0.25) is 0 Å². The smallest absolute Gasteiger partial charge is 0.356 e. The quantitative estimate of drug-likeness (QED) is 0.880. The monoisotopic (exact) mass is 276 g/mol. The first-order valence-corrected chi connectivity index (χ1v) is 6.88. The van der Waals surface area contributed by atoms with E-state index in [0.29, 0.717) is 5.69 Å². The van der Waals surface area contributed by atoms with Crippen LogP contribution in [-0.4, -0.2) is 22.1 Å². The van der Waals surface area contributed by atoms with E-state index in [-0.39, 0.29) is 11.7 Å². The van der Waals surface area contributed by atoms with Gasteiger partial charge >= 0.3 is 5.97 Å². The normalized spacial score (nSPS) is 12.1. The molecule has 0 saturated carbocycles. The standard InChI is InChI=1S/C14H16N2O2S/c1-9(8-11-6-5-10(2)19-11)16-12-4-3-7-15-13(12)14(17)18/h3-7,9,16H,8H2,1-2H3,(H,17,18). The Hall–Kier alpha value is -1.88. The molecule has 1 atom stereocenters. The van der Waals surface area contributed by atoms with Crippen molar-refractivity contribution in [3.8, 4) is 0 Å². The first-order valence-electron chi connectivity index (χ1n) is 6.06. The summed E-state index contributed by atoms with van der Waals surface area (Å²) in [5.74, 6) is -1.01. The maximum atomic E-state index is 11.1. The molecule has 5 heteroatoms. The molecule has 0 aliphatic heterocycles. The third kappa shape index (κ3) is 3.54. The van der Waals surface area contributed by atoms with Gasteiger partial charge in [-0.05, 0) is 38.1 Å². The second kappa shape index (κ2) is 5.84. The van der Waals surface area contributed by atoms with Crippen molar-refractivity contribution < 1.29 is 9.90 Å². The van der Waals surface area contributed by atoms with Gasteiger partial charge in [0.05, 0.1) is 5.69 Å². The lowest BCUT2D eigenvalue weighted by atomic mass is 10.2. The second-order valence-corrected chi connectivity index (χ2v) is 5.84. The average Bonchev–Trinajstić information content (AvgIpc) is 2.75. The van der Waals surface area contributed by atoms with E-state index in [9.17, 15) is 4.79 Å². The number of anilines is 1. The van der Waals surface area contributed by atoms with Crippen LogP contribution >= 0.6 is 11.3 Å². The molecule has 0 aliphatic carbocycles. The summed E-state index contributed by atoms with van der Waals surface area (Å²) in [4.78, 5) is 17.5. The number of rotatable bonds is 5. The summed E-state index contributed by atoms with van der Waals surface area (Å²) in [7, 11) is 0. The van der Waals surface area contributed by atoms with Crippen molar-refractivity contribution >= 4 is 23.0 Å². The van der Waals surface area contributed by atoms with E-state index in [1.807, 2.05) is 6.92 Å². The van der Waals surface area contributed by atoms with Gasteiger partial charge in [0.25, 0.3) is 0 Å². The molecule has 2 rings (SSSR count). The molecule has 2 aromatic heterocycles. The third-order valence-corrected chi connectivity index (χ3v) is 3.74. The molecule has 4 nitrogen and oxygen atoms in total. The highest BCUT2D eigenvalue weighted by Gasteiger charge is 2.13. The number of carboxylic acids is 1. The number of aromatic carboxylic acids is 1. The van der Waals surface area contributed by atoms with Gasteiger partial charge < -0.3 is 10.4 Å². The summed E-state index contributed by atoms with van der Waals surface area (Å²) >= 11 is 1.77. The Morgan fingerprint density at radius 1 is 1.47 bits per heavy atom. The number of thiophene rings is 1. The number of aromatic nitrogens is 1. The summed E-state index contributed by atoms with van der Waals surface area (Å²) in [6.07, 6.45) is 2.36. The van der Waals surface area contributed by atoms with Gasteiger partial charge in [-0.25, -0.2) is 9.78 Å². The topological polar surface area (TPSA) is 62.2 Å². The summed E-state index contributed by atoms with van der Waals surface area (Å²) < 4.78 is 0. The first kappa shape index (κ1) is 13.5. The van der Waals surface area contributed by atoms with Crippen molar-refractivity contribution in [2.24, 2.45) is 0 Å². The van der Waals surface area contributed by atoms with Crippen LogP contribution in [0.25, 0.3) is 0 Å². The van der Waals surface area contributed by atoms with Crippen LogP contribution in [0, 0.1) is 6.92 Å². The van der Waals surface area contributed by atoms with Crippen molar-refractivity contribution in [1.82, 2.24) is 4.98 Å². The van der Waals surface area contributed by atoms with Gasteiger partial charge in [0, 0.05) is 28.4 Å². The van der Waals surface area contributed by atoms with E-state index < -0.39 is 5.97 Å². The molecule has 0 spiro atoms. The number of pyridine rings is 1. The van der Waals surface area contributed by atoms with Gasteiger partial charge in [-0.3, -0.25) is 0 Å². The Balaban J connectivity index is 2.06. The minimum Gasteiger partial charge on any atom is -0.476 e. The zero-order valence-corrected chi connectivity index (χ0v) is 11.7. The number of carboxylic acid groups (broad SMARTS) is 1. The molecule has 2 aromatic rings. The van der Waals surface area contributed by atoms with Gasteiger partial charge in [0.1, 0.15) is 0 Å². The summed E-state index contributed by atoms with van der Waals surface area (Å²) in [6.45, 7) is 4.11. The minimum absolute atomic E-state index is 0.0664. The van der Waals surface area contributed by atoms with E-state index in [1.165, 1.54) is 16.0 Å². The number of hydrogen-bond donors (Lipinski definition) is 2. The number of nitrogens with zero attached hydrogens (tertiary/aromatic N) is 1. The van der Waals surface area contributed by atoms with Crippen molar-refractivity contribution in [3.63, 3.8) is 0 Å². The maximum absolute atomic E-state index is 11.1. The predicted molar refractivity (Wildman–Crippen MR) is 77.0 cm³/mol. The molecular formula is C14H16N2O2S. The van der Waals surface area contributed by atoms with E-state index in [2.05, 4.69) is 29.4 Å². The highest BCUT2D eigenvalue weighted by Crippen LogP contribution is 2.19. The second-order valence-electron chi connectivity index (χ2n) is 4.47. The Morgan fingerprint density at radius 2 is 2.26 bits per heavy atom. The molecule has 0 radical (unpaired) electrons. The van der Waals surface area contributed by atoms with Crippen LogP contribution in [0.4, 0.5) is 5.69 Å². The molecule has 0 bridgehead atoms. The van der Waals surface area contributed by atoms with Crippen molar-refractivity contribution in [2.75, 3.05) is 5.32 Å². The zero-order valence-electron chi connectivity index (χ0n) is 10.9. The Kier molecular flexibility index (Phi) is 4.16. The first-order chi connectivity index (χ1) is 9.06. The lowest BCUT2D eigenvalue weighted by Crippen LogP contribution is -2.20. The SMILES string of the molecule is Cc1ccc(CC(C)Nc2cccnc2C(=O)O)s1. The fourth-order valence-electron chi connectivity index (χ4n) is 1.91. The van der Waals surface area contributed by atoms with Gasteiger partial charge in [-0.1, -0.05) is 0 Å². The molecule has 1 unspecified atom stereocenters. The van der Waals surface area contributed by atoms with E-state index in [1.54, 1.807) is 23.5 Å². The summed E-state index contributed by atoms with van der Waals surface area (Å²) in [6, 6.07) is 7.84. The largest absolute Gasteiger partial charge is 0.476 e. The van der Waals surface area contributed by atoms with Crippen LogP contribution in [-0.2, 0) is 6.42 Å². The lowest BCUT2D eigenvalue weighted by molar-refractivity contribution is 0.0691. The number of hydrogen-bond acceptors (Lipinski definition) is 4. The third-order valence-electron chi connectivity index (χ3n) is 2.72. The van der Waals surface area contributed by atoms with E-state index >= 15 is 0 Å². The number of aryl methyl sites for hydroxylation is 1. The molecule has 2 N–H and O–H groups in total. The molecule has 0 saturated heterocycles. The summed E-state index contributed by atoms with van der Waals surface area (Å²) in [5, 5.41) is 12.3. The highest BCUT2D eigenvalue weighted by atomic mass is 32.1. The summed E-state index contributed by atoms with van der Waals surface area (Å²) in [5.41, 5.74) is 0.632. The van der Waals surface area contributed by atoms with Crippen LogP contribution in [0.1, 0.15) is 27.2 Å². The van der Waals surface area contributed by atoms with Crippen LogP contribution < -0.4 is 5.32 Å². The molecule has 19 heavy (non-hydrogen) atoms. The number of carbonyl (C=O) groups is 1. The maximum Gasteiger partial charge on any atom is 0.356 e. The molecule has 0 aromatic carbocycles. The lowest BCUT2D eigenvalue weighted by Gasteiger charge is -2.15. The van der Waals surface area contributed by atoms with E-state index in [0.717, 1.165) is 6.42 Å². The van der Waals surface area contributed by atoms with Crippen molar-refractivity contribution in [1.29, 1.82) is 0 Å². The van der Waals surface area contributed by atoms with Crippen LogP contribution in [0.2, 0.25) is 0 Å². The fourth-order valence-corrected chi connectivity index (χ4v) is 2.92. The van der Waals surface area contributed by atoms with Crippen molar-refractivity contribution in [3.05, 3.63) is 45.9 Å². The minimum atomic E-state index is -1.01. The zero-order chi connectivity index (χ0) is 13.8. The molecular weight excluding hydrogens is 260 g/mol. The van der Waals surface area contributed by atoms with Gasteiger partial charge in [0.15, 0.2) is 5.69 Å². The molecule has 2 heterocycles. The Bertz CT molecular complexity index is 580. The highest BCUT2D eigenvalue weighted by molar-refractivity contribution is 7.11. The van der Waals surface area contributed by atoms with Gasteiger partial charge in [-0.15, -0.1) is 11.3 Å². The molecule has 100 valence electrons. The molecule has 0 fully saturated rings. The average molecular weight is 276 g/mol. The Morgan fingerprint density at radius 3 is 2.89 bits per heavy atom.